The summed E-state index contributed by atoms with van der Waals surface area (Å²) in [4.78, 5) is 14.2. The van der Waals surface area contributed by atoms with Crippen LogP contribution < -0.4 is 16.0 Å². The molecule has 0 radical (unpaired) electrons. The lowest BCUT2D eigenvalue weighted by molar-refractivity contribution is -0.119. The maximum Gasteiger partial charge on any atom is 0.239 e. The van der Waals surface area contributed by atoms with Crippen LogP contribution in [0.2, 0.25) is 0 Å². The molecule has 1 aromatic rings. The molecule has 108 valence electrons. The Bertz CT molecular complexity index is 496. The monoisotopic (exact) mass is 273 g/mol. The normalized spacial score (nSPS) is 17.8. The number of benzene rings is 1. The summed E-state index contributed by atoms with van der Waals surface area (Å²) < 4.78 is 0. The van der Waals surface area contributed by atoms with E-state index < -0.39 is 0 Å². The van der Waals surface area contributed by atoms with Gasteiger partial charge in [0.15, 0.2) is 0 Å². The SMILES string of the molecule is NCc1ccc2c(c1)CCCN2CC(=O)NCC1CC1. The van der Waals surface area contributed by atoms with Crippen molar-refractivity contribution in [2.75, 3.05) is 24.5 Å². The lowest BCUT2D eigenvalue weighted by Gasteiger charge is -2.31. The Morgan fingerprint density at radius 1 is 1.40 bits per heavy atom. The van der Waals surface area contributed by atoms with Crippen LogP contribution in [0.1, 0.15) is 30.4 Å². The highest BCUT2D eigenvalue weighted by Crippen LogP contribution is 2.28. The average Bonchev–Trinajstić information content (AvgIpc) is 3.29. The molecular weight excluding hydrogens is 250 g/mol. The van der Waals surface area contributed by atoms with Crippen LogP contribution in [-0.4, -0.2) is 25.5 Å². The van der Waals surface area contributed by atoms with E-state index in [-0.39, 0.29) is 5.91 Å². The molecular formula is C16H23N3O. The summed E-state index contributed by atoms with van der Waals surface area (Å²) in [7, 11) is 0. The first-order valence-corrected chi connectivity index (χ1v) is 7.60. The zero-order valence-electron chi connectivity index (χ0n) is 11.9. The van der Waals surface area contributed by atoms with Gasteiger partial charge in [-0.2, -0.15) is 0 Å². The van der Waals surface area contributed by atoms with Crippen LogP contribution in [0, 0.1) is 5.92 Å². The third-order valence-corrected chi connectivity index (χ3v) is 4.21. The zero-order valence-corrected chi connectivity index (χ0v) is 11.9. The number of amides is 1. The first-order chi connectivity index (χ1) is 9.76. The van der Waals surface area contributed by atoms with Crippen molar-refractivity contribution in [3.8, 4) is 0 Å². The maximum absolute atomic E-state index is 12.0. The van der Waals surface area contributed by atoms with Crippen LogP contribution in [0.5, 0.6) is 0 Å². The summed E-state index contributed by atoms with van der Waals surface area (Å²) >= 11 is 0. The molecule has 1 saturated carbocycles. The van der Waals surface area contributed by atoms with E-state index in [9.17, 15) is 4.79 Å². The lowest BCUT2D eigenvalue weighted by atomic mass is 9.99. The predicted molar refractivity (Wildman–Crippen MR) is 80.6 cm³/mol. The Kier molecular flexibility index (Phi) is 3.92. The highest BCUT2D eigenvalue weighted by molar-refractivity contribution is 5.82. The van der Waals surface area contributed by atoms with Gasteiger partial charge in [-0.05, 0) is 48.8 Å². The molecule has 1 aliphatic heterocycles. The van der Waals surface area contributed by atoms with Crippen molar-refractivity contribution < 1.29 is 4.79 Å². The topological polar surface area (TPSA) is 58.4 Å². The number of anilines is 1. The summed E-state index contributed by atoms with van der Waals surface area (Å²) in [6.45, 7) is 2.87. The quantitative estimate of drug-likeness (QED) is 0.853. The number of aryl methyl sites for hydroxylation is 1. The zero-order chi connectivity index (χ0) is 13.9. The van der Waals surface area contributed by atoms with E-state index in [1.165, 1.54) is 29.7 Å². The van der Waals surface area contributed by atoms with Crippen LogP contribution in [0.15, 0.2) is 18.2 Å². The van der Waals surface area contributed by atoms with Crippen molar-refractivity contribution in [1.29, 1.82) is 0 Å². The van der Waals surface area contributed by atoms with Crippen molar-refractivity contribution in [1.82, 2.24) is 5.32 Å². The fourth-order valence-electron chi connectivity index (χ4n) is 2.83. The number of fused-ring (bicyclic) bond motifs is 1. The second-order valence-electron chi connectivity index (χ2n) is 5.94. The van der Waals surface area contributed by atoms with E-state index in [0.29, 0.717) is 13.1 Å². The van der Waals surface area contributed by atoms with E-state index in [1.54, 1.807) is 0 Å². The third-order valence-electron chi connectivity index (χ3n) is 4.21. The average molecular weight is 273 g/mol. The Morgan fingerprint density at radius 2 is 2.25 bits per heavy atom. The molecule has 0 saturated heterocycles. The van der Waals surface area contributed by atoms with Gasteiger partial charge in [-0.25, -0.2) is 0 Å². The van der Waals surface area contributed by atoms with Crippen molar-refractivity contribution in [3.63, 3.8) is 0 Å². The molecule has 4 heteroatoms. The van der Waals surface area contributed by atoms with E-state index >= 15 is 0 Å². The number of hydrogen-bond donors (Lipinski definition) is 2. The van der Waals surface area contributed by atoms with E-state index in [2.05, 4.69) is 28.4 Å². The summed E-state index contributed by atoms with van der Waals surface area (Å²) in [5, 5.41) is 3.04. The fraction of sp³-hybridized carbons (Fsp3) is 0.562. The van der Waals surface area contributed by atoms with Crippen LogP contribution >= 0.6 is 0 Å². The molecule has 1 heterocycles. The minimum atomic E-state index is 0.146. The third kappa shape index (κ3) is 3.12. The van der Waals surface area contributed by atoms with Crippen LogP contribution in [0.25, 0.3) is 0 Å². The molecule has 0 spiro atoms. The summed E-state index contributed by atoms with van der Waals surface area (Å²) in [5.41, 5.74) is 9.40. The largest absolute Gasteiger partial charge is 0.362 e. The molecule has 20 heavy (non-hydrogen) atoms. The number of carbonyl (C=O) groups is 1. The van der Waals surface area contributed by atoms with Crippen molar-refractivity contribution in [3.05, 3.63) is 29.3 Å². The van der Waals surface area contributed by atoms with Gasteiger partial charge in [-0.15, -0.1) is 0 Å². The van der Waals surface area contributed by atoms with Crippen molar-refractivity contribution in [2.24, 2.45) is 11.7 Å². The van der Waals surface area contributed by atoms with Crippen molar-refractivity contribution in [2.45, 2.75) is 32.2 Å². The predicted octanol–water partition coefficient (Wildman–Crippen LogP) is 1.42. The molecule has 1 aliphatic carbocycles. The lowest BCUT2D eigenvalue weighted by Crippen LogP contribution is -2.40. The van der Waals surface area contributed by atoms with Gasteiger partial charge in [0.05, 0.1) is 6.54 Å². The van der Waals surface area contributed by atoms with Crippen molar-refractivity contribution >= 4 is 11.6 Å². The standard InChI is InChI=1S/C16H23N3O/c17-9-13-5-6-15-14(8-13)2-1-7-19(15)11-16(20)18-10-12-3-4-12/h5-6,8,12H,1-4,7,9-11,17H2,(H,18,20). The van der Waals surface area contributed by atoms with Gasteiger partial charge in [0.1, 0.15) is 0 Å². The van der Waals surface area contributed by atoms with Gasteiger partial charge in [0.25, 0.3) is 0 Å². The van der Waals surface area contributed by atoms with Gasteiger partial charge in [0.2, 0.25) is 5.91 Å². The molecule has 3 rings (SSSR count). The molecule has 0 bridgehead atoms. The van der Waals surface area contributed by atoms with E-state index in [4.69, 9.17) is 5.73 Å². The molecule has 1 aromatic carbocycles. The summed E-state index contributed by atoms with van der Waals surface area (Å²) in [5.74, 6) is 0.882. The number of nitrogens with one attached hydrogen (secondary N) is 1. The van der Waals surface area contributed by atoms with E-state index in [1.807, 2.05) is 0 Å². The second kappa shape index (κ2) is 5.83. The summed E-state index contributed by atoms with van der Waals surface area (Å²) in [6.07, 6.45) is 4.74. The highest BCUT2D eigenvalue weighted by atomic mass is 16.2. The van der Waals surface area contributed by atoms with Crippen LogP contribution in [0.3, 0.4) is 0 Å². The molecule has 4 nitrogen and oxygen atoms in total. The minimum Gasteiger partial charge on any atom is -0.362 e. The maximum atomic E-state index is 12.0. The molecule has 1 fully saturated rings. The number of rotatable bonds is 5. The number of hydrogen-bond acceptors (Lipinski definition) is 3. The molecule has 1 amide bonds. The Labute approximate surface area is 120 Å². The van der Waals surface area contributed by atoms with Gasteiger partial charge in [-0.3, -0.25) is 4.79 Å². The van der Waals surface area contributed by atoms with Crippen LogP contribution in [0.4, 0.5) is 5.69 Å². The van der Waals surface area contributed by atoms with Crippen LogP contribution in [-0.2, 0) is 17.8 Å². The van der Waals surface area contributed by atoms with Gasteiger partial charge < -0.3 is 16.0 Å². The molecule has 0 atom stereocenters. The number of nitrogens with two attached hydrogens (primary N) is 1. The Balaban J connectivity index is 1.64. The molecule has 3 N–H and O–H groups in total. The molecule has 0 unspecified atom stereocenters. The number of carbonyl (C=O) groups excluding carboxylic acids is 1. The molecule has 0 aromatic heterocycles. The first kappa shape index (κ1) is 13.4. The van der Waals surface area contributed by atoms with Gasteiger partial charge in [-0.1, -0.05) is 12.1 Å². The van der Waals surface area contributed by atoms with Gasteiger partial charge >= 0.3 is 0 Å². The van der Waals surface area contributed by atoms with Gasteiger partial charge in [0, 0.05) is 25.3 Å². The molecule has 2 aliphatic rings. The highest BCUT2D eigenvalue weighted by Gasteiger charge is 2.23. The smallest absolute Gasteiger partial charge is 0.239 e. The fourth-order valence-corrected chi connectivity index (χ4v) is 2.83. The first-order valence-electron chi connectivity index (χ1n) is 7.60. The Hall–Kier alpha value is -1.55. The second-order valence-corrected chi connectivity index (χ2v) is 5.94. The van der Waals surface area contributed by atoms with E-state index in [0.717, 1.165) is 31.8 Å². The summed E-state index contributed by atoms with van der Waals surface area (Å²) in [6, 6.07) is 6.37. The Morgan fingerprint density at radius 3 is 3.00 bits per heavy atom. The minimum absolute atomic E-state index is 0.146. The number of nitrogens with zero attached hydrogens (tertiary/aromatic N) is 1.